The van der Waals surface area contributed by atoms with E-state index >= 15 is 0 Å². The highest BCUT2D eigenvalue weighted by Gasteiger charge is 2.34. The fourth-order valence-electron chi connectivity index (χ4n) is 4.61. The largest absolute Gasteiger partial charge is 0.458 e. The monoisotopic (exact) mass is 471 g/mol. The molecule has 1 aliphatic rings. The molecule has 0 saturated carbocycles. The third-order valence-corrected chi connectivity index (χ3v) is 6.32. The number of esters is 1. The molecule has 0 N–H and O–H groups in total. The van der Waals surface area contributed by atoms with Crippen LogP contribution in [0.3, 0.4) is 0 Å². The Morgan fingerprint density at radius 2 is 1.40 bits per heavy atom. The minimum atomic E-state index is -0.745. The first kappa shape index (κ1) is 24.5. The number of likely N-dealkylation sites (N-methyl/N-ethyl adjacent to an activating group) is 1. The van der Waals surface area contributed by atoms with E-state index in [9.17, 15) is 9.59 Å². The second-order valence-electron chi connectivity index (χ2n) is 9.99. The highest BCUT2D eigenvalue weighted by molar-refractivity contribution is 5.82. The maximum absolute atomic E-state index is 13.1. The van der Waals surface area contributed by atoms with E-state index < -0.39 is 23.7 Å². The van der Waals surface area contributed by atoms with Crippen molar-refractivity contribution in [3.63, 3.8) is 0 Å². The van der Waals surface area contributed by atoms with Crippen molar-refractivity contribution in [1.82, 2.24) is 4.90 Å². The predicted molar refractivity (Wildman–Crippen MR) is 137 cm³/mol. The van der Waals surface area contributed by atoms with Gasteiger partial charge in [-0.2, -0.15) is 0 Å². The standard InChI is InChI=1S/C30H33NO4/c1-30(2,3)35-28(32)27(19-18-21-12-6-5-7-13-21)31(4)29(33)34-20-26-24-16-10-8-14-22(24)23-15-9-11-17-25(23)26/h5-17,26-27H,18-20H2,1-4H3. The lowest BCUT2D eigenvalue weighted by molar-refractivity contribution is -0.160. The number of fused-ring (bicyclic) bond motifs is 3. The number of rotatable bonds is 7. The summed E-state index contributed by atoms with van der Waals surface area (Å²) < 4.78 is 11.4. The minimum absolute atomic E-state index is 0.0379. The topological polar surface area (TPSA) is 55.8 Å². The lowest BCUT2D eigenvalue weighted by Crippen LogP contribution is -2.46. The molecule has 0 fully saturated rings. The molecular formula is C30H33NO4. The SMILES string of the molecule is CN(C(=O)OCC1c2ccccc2-c2ccccc21)C(CCc1ccccc1)C(=O)OC(C)(C)C. The maximum Gasteiger partial charge on any atom is 0.410 e. The van der Waals surface area contributed by atoms with Gasteiger partial charge in [-0.25, -0.2) is 9.59 Å². The van der Waals surface area contributed by atoms with E-state index in [1.807, 2.05) is 75.4 Å². The van der Waals surface area contributed by atoms with Gasteiger partial charge in [0.15, 0.2) is 0 Å². The number of hydrogen-bond donors (Lipinski definition) is 0. The van der Waals surface area contributed by atoms with E-state index in [0.29, 0.717) is 12.8 Å². The van der Waals surface area contributed by atoms with E-state index in [1.165, 1.54) is 16.0 Å². The first-order valence-electron chi connectivity index (χ1n) is 12.1. The summed E-state index contributed by atoms with van der Waals surface area (Å²) in [5.41, 5.74) is 5.10. The fraction of sp³-hybridized carbons (Fsp3) is 0.333. The van der Waals surface area contributed by atoms with Crippen molar-refractivity contribution in [1.29, 1.82) is 0 Å². The summed E-state index contributed by atoms with van der Waals surface area (Å²) in [6.45, 7) is 5.68. The van der Waals surface area contributed by atoms with E-state index in [0.717, 1.165) is 16.7 Å². The maximum atomic E-state index is 13.1. The number of ether oxygens (including phenoxy) is 2. The Bertz CT molecular complexity index is 1140. The van der Waals surface area contributed by atoms with Gasteiger partial charge in [0.1, 0.15) is 18.2 Å². The molecule has 3 aromatic rings. The highest BCUT2D eigenvalue weighted by atomic mass is 16.6. The molecule has 0 aliphatic heterocycles. The van der Waals surface area contributed by atoms with Gasteiger partial charge in [-0.05, 0) is 61.4 Å². The number of carbonyl (C=O) groups is 2. The average Bonchev–Trinajstić information content (AvgIpc) is 3.16. The van der Waals surface area contributed by atoms with Crippen LogP contribution in [-0.4, -0.2) is 42.3 Å². The minimum Gasteiger partial charge on any atom is -0.458 e. The number of aryl methyl sites for hydroxylation is 1. The van der Waals surface area contributed by atoms with Gasteiger partial charge in [0, 0.05) is 13.0 Å². The van der Waals surface area contributed by atoms with Gasteiger partial charge in [0.25, 0.3) is 0 Å². The Kier molecular flexibility index (Phi) is 7.25. The molecule has 0 bridgehead atoms. The van der Waals surface area contributed by atoms with E-state index in [2.05, 4.69) is 24.3 Å². The fourth-order valence-corrected chi connectivity index (χ4v) is 4.61. The lowest BCUT2D eigenvalue weighted by atomic mass is 9.98. The van der Waals surface area contributed by atoms with E-state index in [1.54, 1.807) is 7.05 Å². The van der Waals surface area contributed by atoms with Crippen LogP contribution in [0.15, 0.2) is 78.9 Å². The predicted octanol–water partition coefficient (Wildman–Crippen LogP) is 6.21. The summed E-state index contributed by atoms with van der Waals surface area (Å²) in [4.78, 5) is 27.6. The number of hydrogen-bond acceptors (Lipinski definition) is 4. The zero-order chi connectivity index (χ0) is 25.0. The second-order valence-corrected chi connectivity index (χ2v) is 9.99. The molecule has 0 aromatic heterocycles. The summed E-state index contributed by atoms with van der Waals surface area (Å²) in [7, 11) is 1.61. The van der Waals surface area contributed by atoms with Crippen LogP contribution in [0.4, 0.5) is 4.79 Å². The molecular weight excluding hydrogens is 438 g/mol. The molecule has 1 atom stereocenters. The summed E-state index contributed by atoms with van der Waals surface area (Å²) in [5.74, 6) is -0.464. The van der Waals surface area contributed by atoms with Crippen LogP contribution < -0.4 is 0 Å². The van der Waals surface area contributed by atoms with Crippen LogP contribution in [0.25, 0.3) is 11.1 Å². The van der Waals surface area contributed by atoms with Gasteiger partial charge in [-0.1, -0.05) is 78.9 Å². The summed E-state index contributed by atoms with van der Waals surface area (Å²) in [6.07, 6.45) is 0.557. The number of nitrogens with zero attached hydrogens (tertiary/aromatic N) is 1. The van der Waals surface area contributed by atoms with Crippen molar-refractivity contribution in [2.24, 2.45) is 0 Å². The molecule has 1 unspecified atom stereocenters. The van der Waals surface area contributed by atoms with Gasteiger partial charge in [0.2, 0.25) is 0 Å². The van der Waals surface area contributed by atoms with Crippen molar-refractivity contribution >= 4 is 12.1 Å². The summed E-state index contributed by atoms with van der Waals surface area (Å²) >= 11 is 0. The molecule has 0 radical (unpaired) electrons. The van der Waals surface area contributed by atoms with Crippen LogP contribution in [0.1, 0.15) is 49.8 Å². The number of carbonyl (C=O) groups excluding carboxylic acids is 2. The van der Waals surface area contributed by atoms with Crippen LogP contribution >= 0.6 is 0 Å². The van der Waals surface area contributed by atoms with Gasteiger partial charge in [-0.3, -0.25) is 4.90 Å². The molecule has 4 rings (SSSR count). The van der Waals surface area contributed by atoms with Gasteiger partial charge in [-0.15, -0.1) is 0 Å². The molecule has 0 heterocycles. The van der Waals surface area contributed by atoms with Crippen molar-refractivity contribution < 1.29 is 19.1 Å². The van der Waals surface area contributed by atoms with Crippen molar-refractivity contribution in [2.45, 2.75) is 51.2 Å². The zero-order valence-corrected chi connectivity index (χ0v) is 20.9. The Morgan fingerprint density at radius 3 is 1.97 bits per heavy atom. The first-order chi connectivity index (χ1) is 16.7. The number of amides is 1. The average molecular weight is 472 g/mol. The van der Waals surface area contributed by atoms with Crippen molar-refractivity contribution in [2.75, 3.05) is 13.7 Å². The number of benzene rings is 3. The van der Waals surface area contributed by atoms with Gasteiger partial charge < -0.3 is 9.47 Å². The first-order valence-corrected chi connectivity index (χ1v) is 12.1. The second kappa shape index (κ2) is 10.3. The third-order valence-electron chi connectivity index (χ3n) is 6.32. The zero-order valence-electron chi connectivity index (χ0n) is 20.9. The molecule has 5 heteroatoms. The van der Waals surface area contributed by atoms with E-state index in [-0.39, 0.29) is 12.5 Å². The van der Waals surface area contributed by atoms with Crippen LogP contribution in [0.2, 0.25) is 0 Å². The Hall–Kier alpha value is -3.60. The smallest absolute Gasteiger partial charge is 0.410 e. The molecule has 35 heavy (non-hydrogen) atoms. The summed E-state index contributed by atoms with van der Waals surface area (Å²) in [6, 6.07) is 25.6. The summed E-state index contributed by atoms with van der Waals surface area (Å²) in [5, 5.41) is 0. The van der Waals surface area contributed by atoms with Crippen molar-refractivity contribution in [3.05, 3.63) is 95.6 Å². The Balaban J connectivity index is 1.47. The van der Waals surface area contributed by atoms with Crippen molar-refractivity contribution in [3.8, 4) is 11.1 Å². The molecule has 0 spiro atoms. The molecule has 1 amide bonds. The molecule has 0 saturated heterocycles. The lowest BCUT2D eigenvalue weighted by Gasteiger charge is -2.30. The third kappa shape index (κ3) is 5.73. The van der Waals surface area contributed by atoms with Gasteiger partial charge >= 0.3 is 12.1 Å². The van der Waals surface area contributed by atoms with Gasteiger partial charge in [0.05, 0.1) is 0 Å². The van der Waals surface area contributed by atoms with E-state index in [4.69, 9.17) is 9.47 Å². The molecule has 1 aliphatic carbocycles. The van der Waals surface area contributed by atoms with Crippen LogP contribution in [0.5, 0.6) is 0 Å². The molecule has 5 nitrogen and oxygen atoms in total. The molecule has 182 valence electrons. The quantitative estimate of drug-likeness (QED) is 0.385. The normalized spacial score (nSPS) is 13.5. The van der Waals surface area contributed by atoms with Crippen LogP contribution in [-0.2, 0) is 20.7 Å². The Morgan fingerprint density at radius 1 is 0.857 bits per heavy atom. The van der Waals surface area contributed by atoms with Crippen LogP contribution in [0, 0.1) is 0 Å². The Labute approximate surface area is 207 Å². The highest BCUT2D eigenvalue weighted by Crippen LogP contribution is 2.44. The molecule has 3 aromatic carbocycles.